The van der Waals surface area contributed by atoms with Gasteiger partial charge in [0.2, 0.25) is 0 Å². The second-order valence-corrected chi connectivity index (χ2v) is 7.29. The van der Waals surface area contributed by atoms with Gasteiger partial charge in [0.1, 0.15) is 0 Å². The molecule has 0 radical (unpaired) electrons. The minimum atomic E-state index is -0.737. The standard InChI is InChI=1S/C11H20OSi/c1-9(2)12-11(13(3)4)10-7-5-6-8-10/h5,7-9,11,13H,6H2,1-4H3. The van der Waals surface area contributed by atoms with Crippen LogP contribution in [0.15, 0.2) is 23.8 Å². The first kappa shape index (κ1) is 10.7. The molecule has 0 amide bonds. The molecule has 1 unspecified atom stereocenters. The van der Waals surface area contributed by atoms with Crippen LogP contribution in [0.4, 0.5) is 0 Å². The number of rotatable bonds is 4. The van der Waals surface area contributed by atoms with Crippen molar-refractivity contribution in [3.05, 3.63) is 23.8 Å². The molecule has 0 saturated heterocycles. The van der Waals surface area contributed by atoms with Crippen molar-refractivity contribution in [3.8, 4) is 0 Å². The quantitative estimate of drug-likeness (QED) is 0.628. The summed E-state index contributed by atoms with van der Waals surface area (Å²) in [7, 11) is -0.737. The lowest BCUT2D eigenvalue weighted by molar-refractivity contribution is 0.0709. The summed E-state index contributed by atoms with van der Waals surface area (Å²) in [5.41, 5.74) is 1.83. The van der Waals surface area contributed by atoms with E-state index in [0.29, 0.717) is 11.8 Å². The molecule has 0 N–H and O–H groups in total. The van der Waals surface area contributed by atoms with Crippen LogP contribution in [0.2, 0.25) is 13.1 Å². The van der Waals surface area contributed by atoms with E-state index >= 15 is 0 Å². The van der Waals surface area contributed by atoms with E-state index in [4.69, 9.17) is 4.74 Å². The Balaban J connectivity index is 2.62. The van der Waals surface area contributed by atoms with E-state index in [1.807, 2.05) is 0 Å². The predicted molar refractivity (Wildman–Crippen MR) is 60.7 cm³/mol. The van der Waals surface area contributed by atoms with Gasteiger partial charge in [-0.1, -0.05) is 31.3 Å². The van der Waals surface area contributed by atoms with Gasteiger partial charge < -0.3 is 4.74 Å². The van der Waals surface area contributed by atoms with E-state index in [2.05, 4.69) is 45.2 Å². The molecule has 0 aromatic heterocycles. The van der Waals surface area contributed by atoms with Crippen LogP contribution in [0.3, 0.4) is 0 Å². The molecule has 1 atom stereocenters. The van der Waals surface area contributed by atoms with Gasteiger partial charge in [-0.2, -0.15) is 0 Å². The van der Waals surface area contributed by atoms with Gasteiger partial charge in [-0.05, 0) is 25.8 Å². The highest BCUT2D eigenvalue weighted by Crippen LogP contribution is 2.19. The highest BCUT2D eigenvalue weighted by molar-refractivity contribution is 6.58. The van der Waals surface area contributed by atoms with E-state index in [1.165, 1.54) is 5.57 Å². The lowest BCUT2D eigenvalue weighted by Crippen LogP contribution is -2.31. The van der Waals surface area contributed by atoms with E-state index < -0.39 is 8.80 Å². The summed E-state index contributed by atoms with van der Waals surface area (Å²) in [5.74, 6) is 0. The van der Waals surface area contributed by atoms with Crippen LogP contribution in [-0.2, 0) is 4.74 Å². The second kappa shape index (κ2) is 4.77. The van der Waals surface area contributed by atoms with Crippen LogP contribution < -0.4 is 0 Å². The summed E-state index contributed by atoms with van der Waals surface area (Å²) in [4.78, 5) is 0. The summed E-state index contributed by atoms with van der Waals surface area (Å²) in [6.45, 7) is 8.92. The molecule has 0 aromatic rings. The highest BCUT2D eigenvalue weighted by atomic mass is 28.3. The van der Waals surface area contributed by atoms with Crippen LogP contribution in [0, 0.1) is 0 Å². The Morgan fingerprint density at radius 2 is 2.08 bits per heavy atom. The van der Waals surface area contributed by atoms with E-state index in [-0.39, 0.29) is 0 Å². The molecule has 1 aliphatic carbocycles. The average Bonchev–Trinajstić information content (AvgIpc) is 2.50. The lowest BCUT2D eigenvalue weighted by Gasteiger charge is -2.23. The number of ether oxygens (including phenoxy) is 1. The third-order valence-corrected chi connectivity index (χ3v) is 3.91. The van der Waals surface area contributed by atoms with Crippen molar-refractivity contribution in [2.24, 2.45) is 0 Å². The normalized spacial score (nSPS) is 18.5. The smallest absolute Gasteiger partial charge is 0.0713 e. The molecule has 1 aliphatic rings. The van der Waals surface area contributed by atoms with Crippen molar-refractivity contribution in [1.82, 2.24) is 0 Å². The molecule has 13 heavy (non-hydrogen) atoms. The van der Waals surface area contributed by atoms with Crippen molar-refractivity contribution in [2.75, 3.05) is 0 Å². The molecule has 1 rings (SSSR count). The summed E-state index contributed by atoms with van der Waals surface area (Å²) >= 11 is 0. The highest BCUT2D eigenvalue weighted by Gasteiger charge is 2.20. The van der Waals surface area contributed by atoms with Gasteiger partial charge >= 0.3 is 0 Å². The minimum Gasteiger partial charge on any atom is -0.375 e. The molecule has 0 aromatic carbocycles. The first-order valence-electron chi connectivity index (χ1n) is 5.13. The summed E-state index contributed by atoms with van der Waals surface area (Å²) < 4.78 is 5.94. The molecule has 0 fully saturated rings. The Morgan fingerprint density at radius 3 is 2.46 bits per heavy atom. The maximum Gasteiger partial charge on any atom is 0.0713 e. The number of allylic oxidation sites excluding steroid dienone is 2. The molecule has 0 aliphatic heterocycles. The largest absolute Gasteiger partial charge is 0.375 e. The zero-order chi connectivity index (χ0) is 9.84. The number of hydrogen-bond acceptors (Lipinski definition) is 1. The summed E-state index contributed by atoms with van der Waals surface area (Å²) in [6.07, 6.45) is 8.16. The van der Waals surface area contributed by atoms with Crippen molar-refractivity contribution < 1.29 is 4.74 Å². The molecule has 0 heterocycles. The first-order valence-corrected chi connectivity index (χ1v) is 8.11. The van der Waals surface area contributed by atoms with Crippen molar-refractivity contribution in [3.63, 3.8) is 0 Å². The fourth-order valence-corrected chi connectivity index (χ4v) is 3.25. The maximum atomic E-state index is 5.94. The Labute approximate surface area is 83.1 Å². The second-order valence-electron chi connectivity index (χ2n) is 4.19. The Bertz CT molecular complexity index is 216. The van der Waals surface area contributed by atoms with Crippen LogP contribution in [0.25, 0.3) is 0 Å². The van der Waals surface area contributed by atoms with E-state index in [1.54, 1.807) is 0 Å². The summed E-state index contributed by atoms with van der Waals surface area (Å²) in [5, 5.41) is 0. The van der Waals surface area contributed by atoms with Crippen LogP contribution in [-0.4, -0.2) is 20.6 Å². The molecule has 74 valence electrons. The maximum absolute atomic E-state index is 5.94. The van der Waals surface area contributed by atoms with Gasteiger partial charge in [0, 0.05) is 0 Å². The van der Waals surface area contributed by atoms with Gasteiger partial charge in [-0.25, -0.2) is 0 Å². The van der Waals surface area contributed by atoms with Gasteiger partial charge in [-0.15, -0.1) is 0 Å². The van der Waals surface area contributed by atoms with Crippen LogP contribution in [0.1, 0.15) is 20.3 Å². The molecule has 0 bridgehead atoms. The van der Waals surface area contributed by atoms with Gasteiger partial charge in [0.05, 0.1) is 20.6 Å². The van der Waals surface area contributed by atoms with Gasteiger partial charge in [0.25, 0.3) is 0 Å². The van der Waals surface area contributed by atoms with Crippen molar-refractivity contribution in [2.45, 2.75) is 45.2 Å². The minimum absolute atomic E-state index is 0.342. The zero-order valence-electron chi connectivity index (χ0n) is 9.08. The topological polar surface area (TPSA) is 9.23 Å². The Morgan fingerprint density at radius 1 is 1.38 bits per heavy atom. The van der Waals surface area contributed by atoms with E-state index in [9.17, 15) is 0 Å². The Kier molecular flexibility index (Phi) is 3.94. The molecule has 0 spiro atoms. The lowest BCUT2D eigenvalue weighted by atomic mass is 10.3. The molecule has 0 saturated carbocycles. The van der Waals surface area contributed by atoms with E-state index in [0.717, 1.165) is 6.42 Å². The van der Waals surface area contributed by atoms with Crippen molar-refractivity contribution >= 4 is 8.80 Å². The van der Waals surface area contributed by atoms with Gasteiger partial charge in [0.15, 0.2) is 0 Å². The first-order chi connectivity index (χ1) is 6.11. The fourth-order valence-electron chi connectivity index (χ4n) is 1.60. The van der Waals surface area contributed by atoms with Gasteiger partial charge in [-0.3, -0.25) is 0 Å². The average molecular weight is 196 g/mol. The molecular formula is C11H20OSi. The Hall–Kier alpha value is -0.343. The SMILES string of the molecule is CC(C)OC(C1=CCC=C1)[SiH](C)C. The predicted octanol–water partition coefficient (Wildman–Crippen LogP) is 2.69. The number of hydrogen-bond donors (Lipinski definition) is 0. The molecular weight excluding hydrogens is 176 g/mol. The molecule has 2 heteroatoms. The fraction of sp³-hybridized carbons (Fsp3) is 0.636. The summed E-state index contributed by atoms with van der Waals surface area (Å²) in [6, 6.07) is 0. The third kappa shape index (κ3) is 3.12. The molecule has 1 nitrogen and oxygen atoms in total. The van der Waals surface area contributed by atoms with Crippen LogP contribution >= 0.6 is 0 Å². The monoisotopic (exact) mass is 196 g/mol. The zero-order valence-corrected chi connectivity index (χ0v) is 10.2. The van der Waals surface area contributed by atoms with Crippen molar-refractivity contribution in [1.29, 1.82) is 0 Å². The third-order valence-electron chi connectivity index (χ3n) is 2.15. The van der Waals surface area contributed by atoms with Crippen LogP contribution in [0.5, 0.6) is 0 Å².